The highest BCUT2D eigenvalue weighted by Crippen LogP contribution is 2.21. The Morgan fingerprint density at radius 1 is 1.24 bits per heavy atom. The number of aliphatic imine (C=N–C) groups is 1. The molecule has 0 radical (unpaired) electrons. The molecule has 2 rings (SSSR count). The van der Waals surface area contributed by atoms with E-state index >= 15 is 0 Å². The smallest absolute Gasteiger partial charge is 0.191 e. The Morgan fingerprint density at radius 3 is 2.55 bits per heavy atom. The number of nitrogens with zero attached hydrogens (tertiary/aromatic N) is 2. The predicted octanol–water partition coefficient (Wildman–Crippen LogP) is 3.37. The summed E-state index contributed by atoms with van der Waals surface area (Å²) in [4.78, 5) is 6.48. The van der Waals surface area contributed by atoms with Crippen molar-refractivity contribution in [1.82, 2.24) is 15.5 Å². The maximum absolute atomic E-state index is 13.9. The van der Waals surface area contributed by atoms with Crippen molar-refractivity contribution in [1.29, 1.82) is 0 Å². The van der Waals surface area contributed by atoms with E-state index in [0.29, 0.717) is 36.9 Å². The Bertz CT molecular complexity index is 806. The molecule has 1 unspecified atom stereocenters. The van der Waals surface area contributed by atoms with Gasteiger partial charge in [-0.05, 0) is 64.7 Å². The van der Waals surface area contributed by atoms with Crippen LogP contribution in [0.15, 0.2) is 39.7 Å². The van der Waals surface area contributed by atoms with Gasteiger partial charge in [0.25, 0.3) is 0 Å². The Hall–Kier alpha value is -1.65. The van der Waals surface area contributed by atoms with Gasteiger partial charge in [-0.3, -0.25) is 0 Å². The number of furan rings is 1. The van der Waals surface area contributed by atoms with Gasteiger partial charge in [-0.2, -0.15) is 0 Å². The van der Waals surface area contributed by atoms with Crippen LogP contribution < -0.4 is 10.6 Å². The molecule has 0 spiro atoms. The maximum atomic E-state index is 13.9. The number of aliphatic hydroxyl groups is 1. The molecule has 6 nitrogen and oxygen atoms in total. The van der Waals surface area contributed by atoms with Crippen LogP contribution >= 0.6 is 24.0 Å². The molecule has 0 aliphatic rings. The Balaban J connectivity index is 0.00000420. The van der Waals surface area contributed by atoms with Crippen molar-refractivity contribution in [2.75, 3.05) is 27.2 Å². The second kappa shape index (κ2) is 11.5. The number of rotatable bonds is 8. The van der Waals surface area contributed by atoms with Crippen molar-refractivity contribution in [3.05, 3.63) is 58.8 Å². The van der Waals surface area contributed by atoms with Gasteiger partial charge in [-0.1, -0.05) is 6.07 Å². The van der Waals surface area contributed by atoms with Crippen LogP contribution in [0.3, 0.4) is 0 Å². The number of halogens is 2. The summed E-state index contributed by atoms with van der Waals surface area (Å²) in [6.07, 6.45) is 0. The predicted molar refractivity (Wildman–Crippen MR) is 125 cm³/mol. The number of hydrogen-bond donors (Lipinski definition) is 3. The first-order valence-electron chi connectivity index (χ1n) is 9.44. The molecule has 1 aromatic heterocycles. The van der Waals surface area contributed by atoms with Gasteiger partial charge in [0, 0.05) is 18.7 Å². The molecule has 0 saturated carbocycles. The normalized spacial score (nSPS) is 13.7. The first-order chi connectivity index (χ1) is 13.2. The van der Waals surface area contributed by atoms with E-state index in [-0.39, 0.29) is 36.3 Å². The minimum atomic E-state index is -1.17. The molecule has 3 N–H and O–H groups in total. The van der Waals surface area contributed by atoms with Crippen LogP contribution in [-0.4, -0.2) is 43.2 Å². The van der Waals surface area contributed by atoms with E-state index in [4.69, 9.17) is 4.42 Å². The minimum Gasteiger partial charge on any atom is -0.463 e. The van der Waals surface area contributed by atoms with E-state index in [1.54, 1.807) is 19.1 Å². The van der Waals surface area contributed by atoms with E-state index in [9.17, 15) is 9.50 Å². The summed E-state index contributed by atoms with van der Waals surface area (Å²) in [6.45, 7) is 7.36. The van der Waals surface area contributed by atoms with E-state index in [1.165, 1.54) is 6.07 Å². The molecule has 0 bridgehead atoms. The van der Waals surface area contributed by atoms with Crippen molar-refractivity contribution >= 4 is 29.9 Å². The lowest BCUT2D eigenvalue weighted by molar-refractivity contribution is 0.0378. The lowest BCUT2D eigenvalue weighted by atomic mass is 10.0. The van der Waals surface area contributed by atoms with Crippen LogP contribution in [0.1, 0.15) is 36.5 Å². The molecular formula is C21H32FIN4O2. The molecule has 0 fully saturated rings. The summed E-state index contributed by atoms with van der Waals surface area (Å²) >= 11 is 0. The fourth-order valence-electron chi connectivity index (χ4n) is 2.77. The third kappa shape index (κ3) is 7.94. The van der Waals surface area contributed by atoms with Gasteiger partial charge in [0.2, 0.25) is 0 Å². The first-order valence-corrected chi connectivity index (χ1v) is 9.44. The molecule has 1 heterocycles. The van der Waals surface area contributed by atoms with Crippen LogP contribution in [-0.2, 0) is 18.7 Å². The average Bonchev–Trinajstić information content (AvgIpc) is 3.07. The fourth-order valence-corrected chi connectivity index (χ4v) is 2.77. The zero-order chi connectivity index (χ0) is 20.7. The summed E-state index contributed by atoms with van der Waals surface area (Å²) in [5, 5.41) is 17.0. The number of benzene rings is 1. The largest absolute Gasteiger partial charge is 0.463 e. The van der Waals surface area contributed by atoms with Gasteiger partial charge in [-0.25, -0.2) is 9.38 Å². The summed E-state index contributed by atoms with van der Waals surface area (Å²) in [5.74, 6) is 1.61. The van der Waals surface area contributed by atoms with E-state index in [0.717, 1.165) is 11.3 Å². The Morgan fingerprint density at radius 2 is 1.97 bits per heavy atom. The van der Waals surface area contributed by atoms with Crippen LogP contribution in [0.2, 0.25) is 0 Å². The van der Waals surface area contributed by atoms with Crippen molar-refractivity contribution in [3.63, 3.8) is 0 Å². The van der Waals surface area contributed by atoms with Crippen molar-refractivity contribution < 1.29 is 13.9 Å². The molecule has 162 valence electrons. The Kier molecular flexibility index (Phi) is 10.1. The summed E-state index contributed by atoms with van der Waals surface area (Å²) in [6, 6.07) is 8.65. The van der Waals surface area contributed by atoms with Crippen LogP contribution in [0.25, 0.3) is 0 Å². The Labute approximate surface area is 189 Å². The van der Waals surface area contributed by atoms with Gasteiger partial charge in [0.15, 0.2) is 5.96 Å². The summed E-state index contributed by atoms with van der Waals surface area (Å²) in [5.41, 5.74) is 0.398. The molecule has 0 saturated heterocycles. The van der Waals surface area contributed by atoms with Gasteiger partial charge < -0.3 is 25.1 Å². The lowest BCUT2D eigenvalue weighted by Gasteiger charge is -2.23. The number of guanidine groups is 1. The second-order valence-corrected chi connectivity index (χ2v) is 7.40. The molecule has 0 aliphatic carbocycles. The maximum Gasteiger partial charge on any atom is 0.191 e. The summed E-state index contributed by atoms with van der Waals surface area (Å²) < 4.78 is 19.5. The van der Waals surface area contributed by atoms with E-state index in [1.807, 2.05) is 45.0 Å². The van der Waals surface area contributed by atoms with Crippen molar-refractivity contribution in [3.8, 4) is 0 Å². The highest BCUT2D eigenvalue weighted by molar-refractivity contribution is 14.0. The quantitative estimate of drug-likeness (QED) is 0.284. The average molecular weight is 518 g/mol. The molecule has 0 aliphatic heterocycles. The van der Waals surface area contributed by atoms with Crippen molar-refractivity contribution in [2.24, 2.45) is 4.99 Å². The molecule has 29 heavy (non-hydrogen) atoms. The lowest BCUT2D eigenvalue weighted by Crippen LogP contribution is -2.44. The third-order valence-electron chi connectivity index (χ3n) is 4.23. The highest BCUT2D eigenvalue weighted by Gasteiger charge is 2.27. The molecule has 1 aromatic carbocycles. The van der Waals surface area contributed by atoms with E-state index in [2.05, 4.69) is 15.6 Å². The fraction of sp³-hybridized carbons (Fsp3) is 0.476. The van der Waals surface area contributed by atoms with Gasteiger partial charge in [0.05, 0.1) is 13.1 Å². The number of hydrogen-bond acceptors (Lipinski definition) is 4. The molecule has 8 heteroatoms. The van der Waals surface area contributed by atoms with Crippen LogP contribution in [0.5, 0.6) is 0 Å². The zero-order valence-corrected chi connectivity index (χ0v) is 20.1. The third-order valence-corrected chi connectivity index (χ3v) is 4.23. The van der Waals surface area contributed by atoms with Gasteiger partial charge in [-0.15, -0.1) is 24.0 Å². The SMILES string of the molecule is CCNC(=NCc1ccc(F)c(CN(C)C)c1)NCC(C)(O)c1ccc(C)o1.I. The van der Waals surface area contributed by atoms with Gasteiger partial charge in [0.1, 0.15) is 22.9 Å². The minimum absolute atomic E-state index is 0. The second-order valence-electron chi connectivity index (χ2n) is 7.40. The topological polar surface area (TPSA) is 73.0 Å². The van der Waals surface area contributed by atoms with Crippen LogP contribution in [0, 0.1) is 12.7 Å². The molecular weight excluding hydrogens is 486 g/mol. The zero-order valence-electron chi connectivity index (χ0n) is 17.8. The van der Waals surface area contributed by atoms with Gasteiger partial charge >= 0.3 is 0 Å². The number of nitrogens with one attached hydrogen (secondary N) is 2. The monoisotopic (exact) mass is 518 g/mol. The highest BCUT2D eigenvalue weighted by atomic mass is 127. The van der Waals surface area contributed by atoms with Crippen molar-refractivity contribution in [2.45, 2.75) is 39.5 Å². The van der Waals surface area contributed by atoms with E-state index < -0.39 is 5.60 Å². The number of aryl methyl sites for hydroxylation is 1. The first kappa shape index (κ1) is 25.4. The van der Waals surface area contributed by atoms with Crippen LogP contribution in [0.4, 0.5) is 4.39 Å². The standard InChI is InChI=1S/C21H31FN4O2.HI/c1-6-23-20(25-14-21(3,27)19-10-7-15(2)28-19)24-12-16-8-9-18(22)17(11-16)13-26(4)5;/h7-11,27H,6,12-14H2,1-5H3,(H2,23,24,25);1H. The molecule has 0 amide bonds. The summed E-state index contributed by atoms with van der Waals surface area (Å²) in [7, 11) is 3.81. The molecule has 1 atom stereocenters. The molecule has 2 aromatic rings.